The van der Waals surface area contributed by atoms with Crippen molar-refractivity contribution in [3.05, 3.63) is 59.8 Å². The fraction of sp³-hybridized carbons (Fsp3) is 0.360. The molecule has 2 aromatic heterocycles. The van der Waals surface area contributed by atoms with Gasteiger partial charge in [-0.1, -0.05) is 60.9 Å². The van der Waals surface area contributed by atoms with Gasteiger partial charge in [0.15, 0.2) is 5.13 Å². The Bertz CT molecular complexity index is 1240. The van der Waals surface area contributed by atoms with E-state index in [0.29, 0.717) is 12.3 Å². The number of fused-ring (bicyclic) bond motifs is 4. The number of rotatable bonds is 3. The standard InChI is InChI=1S/C25H25N3O2S/c29-24(30)20-14-17-16-10-4-5-11-18(16)26-22(17)23(15-8-2-1-3-9-15)28(20)25-27-19-12-6-7-13-21(19)31-25/h4-7,10-13,15,20,23,26H,1-3,8-9,14H2,(H,29,30)/t20-,23+/m1/s1. The summed E-state index contributed by atoms with van der Waals surface area (Å²) in [6.07, 6.45) is 6.45. The highest BCUT2D eigenvalue weighted by atomic mass is 32.1. The van der Waals surface area contributed by atoms with Gasteiger partial charge in [-0.25, -0.2) is 9.78 Å². The first-order valence-corrected chi connectivity index (χ1v) is 12.0. The summed E-state index contributed by atoms with van der Waals surface area (Å²) >= 11 is 1.61. The highest BCUT2D eigenvalue weighted by molar-refractivity contribution is 7.22. The van der Waals surface area contributed by atoms with Crippen LogP contribution in [0, 0.1) is 5.92 Å². The Labute approximate surface area is 184 Å². The van der Waals surface area contributed by atoms with Gasteiger partial charge in [-0.05, 0) is 42.5 Å². The Morgan fingerprint density at radius 1 is 1.06 bits per heavy atom. The lowest BCUT2D eigenvalue weighted by Crippen LogP contribution is -2.50. The average molecular weight is 432 g/mol. The Morgan fingerprint density at radius 3 is 2.65 bits per heavy atom. The number of benzene rings is 2. The van der Waals surface area contributed by atoms with Crippen molar-refractivity contribution in [2.24, 2.45) is 5.92 Å². The van der Waals surface area contributed by atoms with E-state index in [1.165, 1.54) is 30.5 Å². The predicted octanol–water partition coefficient (Wildman–Crippen LogP) is 5.91. The third kappa shape index (κ3) is 3.04. The van der Waals surface area contributed by atoms with Gasteiger partial charge >= 0.3 is 5.97 Å². The summed E-state index contributed by atoms with van der Waals surface area (Å²) < 4.78 is 1.10. The van der Waals surface area contributed by atoms with E-state index in [0.717, 1.165) is 39.1 Å². The maximum Gasteiger partial charge on any atom is 0.326 e. The molecule has 6 heteroatoms. The number of aliphatic carboxylic acids is 1. The van der Waals surface area contributed by atoms with Gasteiger partial charge in [0.05, 0.1) is 16.3 Å². The number of para-hydroxylation sites is 2. The smallest absolute Gasteiger partial charge is 0.326 e. The first kappa shape index (κ1) is 18.9. The minimum Gasteiger partial charge on any atom is -0.480 e. The molecular formula is C25H25N3O2S. The molecule has 5 nitrogen and oxygen atoms in total. The molecule has 158 valence electrons. The van der Waals surface area contributed by atoms with E-state index in [2.05, 4.69) is 28.1 Å². The van der Waals surface area contributed by atoms with Crippen LogP contribution < -0.4 is 4.90 Å². The molecule has 2 aliphatic rings. The molecule has 2 N–H and O–H groups in total. The van der Waals surface area contributed by atoms with Crippen LogP contribution in [-0.4, -0.2) is 27.1 Å². The molecule has 0 radical (unpaired) electrons. The van der Waals surface area contributed by atoms with Crippen molar-refractivity contribution in [1.29, 1.82) is 0 Å². The number of hydrogen-bond acceptors (Lipinski definition) is 4. The Hall–Kier alpha value is -2.86. The second-order valence-corrected chi connectivity index (χ2v) is 9.84. The maximum absolute atomic E-state index is 12.6. The SMILES string of the molecule is O=C(O)[C@H]1Cc2c([nH]c3ccccc23)[C@H](C2CCCCC2)N1c1nc2ccccc2s1. The van der Waals surface area contributed by atoms with Crippen LogP contribution in [0.3, 0.4) is 0 Å². The van der Waals surface area contributed by atoms with Gasteiger partial charge in [0.2, 0.25) is 0 Å². The van der Waals surface area contributed by atoms with Crippen LogP contribution in [0.4, 0.5) is 5.13 Å². The maximum atomic E-state index is 12.6. The van der Waals surface area contributed by atoms with Gasteiger partial charge in [0.25, 0.3) is 0 Å². The van der Waals surface area contributed by atoms with E-state index < -0.39 is 12.0 Å². The number of H-pyrrole nitrogens is 1. The van der Waals surface area contributed by atoms with Gasteiger partial charge in [-0.3, -0.25) is 0 Å². The predicted molar refractivity (Wildman–Crippen MR) is 125 cm³/mol. The third-order valence-electron chi connectivity index (χ3n) is 7.06. The highest BCUT2D eigenvalue weighted by Crippen LogP contribution is 2.48. The summed E-state index contributed by atoms with van der Waals surface area (Å²) in [6.45, 7) is 0. The number of nitrogens with one attached hydrogen (secondary N) is 1. The Balaban J connectivity index is 1.57. The minimum absolute atomic E-state index is 0.0121. The van der Waals surface area contributed by atoms with Crippen LogP contribution in [-0.2, 0) is 11.2 Å². The molecule has 0 amide bonds. The van der Waals surface area contributed by atoms with E-state index >= 15 is 0 Å². The monoisotopic (exact) mass is 431 g/mol. The van der Waals surface area contributed by atoms with Crippen LogP contribution in [0.5, 0.6) is 0 Å². The number of carboxylic acids is 1. The van der Waals surface area contributed by atoms with Crippen LogP contribution >= 0.6 is 11.3 Å². The third-order valence-corrected chi connectivity index (χ3v) is 8.11. The summed E-state index contributed by atoms with van der Waals surface area (Å²) in [6, 6.07) is 15.8. The number of carbonyl (C=O) groups is 1. The lowest BCUT2D eigenvalue weighted by Gasteiger charge is -2.44. The van der Waals surface area contributed by atoms with Crippen molar-refractivity contribution in [2.75, 3.05) is 4.90 Å². The van der Waals surface area contributed by atoms with Crippen LogP contribution in [0.15, 0.2) is 48.5 Å². The number of nitrogens with zero attached hydrogens (tertiary/aromatic N) is 2. The summed E-state index contributed by atoms with van der Waals surface area (Å²) in [5.41, 5.74) is 4.42. The molecule has 0 spiro atoms. The second kappa shape index (κ2) is 7.38. The van der Waals surface area contributed by atoms with E-state index in [4.69, 9.17) is 4.98 Å². The molecule has 2 atom stereocenters. The van der Waals surface area contributed by atoms with E-state index in [1.54, 1.807) is 11.3 Å². The van der Waals surface area contributed by atoms with Crippen molar-refractivity contribution < 1.29 is 9.90 Å². The summed E-state index contributed by atoms with van der Waals surface area (Å²) in [4.78, 5) is 23.3. The largest absolute Gasteiger partial charge is 0.480 e. The zero-order valence-corrected chi connectivity index (χ0v) is 18.1. The number of thiazole rings is 1. The summed E-state index contributed by atoms with van der Waals surface area (Å²) in [5, 5.41) is 12.3. The molecule has 3 heterocycles. The number of anilines is 1. The molecule has 0 bridgehead atoms. The molecule has 1 aliphatic carbocycles. The molecule has 31 heavy (non-hydrogen) atoms. The van der Waals surface area contributed by atoms with Gasteiger partial charge in [0, 0.05) is 23.0 Å². The van der Waals surface area contributed by atoms with Crippen molar-refractivity contribution in [2.45, 2.75) is 50.6 Å². The highest BCUT2D eigenvalue weighted by Gasteiger charge is 2.45. The first-order chi connectivity index (χ1) is 15.2. The van der Waals surface area contributed by atoms with Gasteiger partial charge in [0.1, 0.15) is 6.04 Å². The number of aromatic nitrogens is 2. The number of carboxylic acid groups (broad SMARTS) is 1. The fourth-order valence-corrected chi connectivity index (χ4v) is 6.71. The van der Waals surface area contributed by atoms with Crippen molar-refractivity contribution >= 4 is 43.6 Å². The molecule has 4 aromatic rings. The molecule has 0 saturated heterocycles. The van der Waals surface area contributed by atoms with E-state index in [-0.39, 0.29) is 6.04 Å². The molecule has 1 aliphatic heterocycles. The van der Waals surface area contributed by atoms with Crippen molar-refractivity contribution in [3.63, 3.8) is 0 Å². The molecule has 2 aromatic carbocycles. The summed E-state index contributed by atoms with van der Waals surface area (Å²) in [7, 11) is 0. The Morgan fingerprint density at radius 2 is 1.84 bits per heavy atom. The normalized spacial score (nSPS) is 22.1. The zero-order valence-electron chi connectivity index (χ0n) is 17.3. The number of hydrogen-bond donors (Lipinski definition) is 2. The molecule has 1 saturated carbocycles. The van der Waals surface area contributed by atoms with Crippen LogP contribution in [0.2, 0.25) is 0 Å². The van der Waals surface area contributed by atoms with Crippen LogP contribution in [0.1, 0.15) is 49.4 Å². The quantitative estimate of drug-likeness (QED) is 0.423. The Kier molecular flexibility index (Phi) is 4.49. The van der Waals surface area contributed by atoms with Crippen LogP contribution in [0.25, 0.3) is 21.1 Å². The van der Waals surface area contributed by atoms with Gasteiger partial charge in [-0.2, -0.15) is 0 Å². The molecule has 1 fully saturated rings. The van der Waals surface area contributed by atoms with Crippen molar-refractivity contribution in [1.82, 2.24) is 9.97 Å². The van der Waals surface area contributed by atoms with E-state index in [9.17, 15) is 9.90 Å². The first-order valence-electron chi connectivity index (χ1n) is 11.2. The fourth-order valence-electron chi connectivity index (χ4n) is 5.66. The average Bonchev–Trinajstić information content (AvgIpc) is 3.39. The van der Waals surface area contributed by atoms with Gasteiger partial charge < -0.3 is 15.0 Å². The second-order valence-electron chi connectivity index (χ2n) is 8.84. The molecule has 0 unspecified atom stereocenters. The lowest BCUT2D eigenvalue weighted by atomic mass is 9.78. The summed E-state index contributed by atoms with van der Waals surface area (Å²) in [5.74, 6) is -0.342. The molecule has 6 rings (SSSR count). The topological polar surface area (TPSA) is 69.2 Å². The van der Waals surface area contributed by atoms with E-state index in [1.807, 2.05) is 30.3 Å². The van der Waals surface area contributed by atoms with Gasteiger partial charge in [-0.15, -0.1) is 0 Å². The lowest BCUT2D eigenvalue weighted by molar-refractivity contribution is -0.139. The zero-order chi connectivity index (χ0) is 20.9. The minimum atomic E-state index is -0.768. The number of aromatic amines is 1. The molecular weight excluding hydrogens is 406 g/mol. The van der Waals surface area contributed by atoms with Crippen molar-refractivity contribution in [3.8, 4) is 0 Å².